The molecule has 0 radical (unpaired) electrons. The zero-order chi connectivity index (χ0) is 13.4. The Labute approximate surface area is 111 Å². The van der Waals surface area contributed by atoms with E-state index in [9.17, 15) is 14.5 Å². The number of pyridine rings is 1. The second kappa shape index (κ2) is 4.49. The van der Waals surface area contributed by atoms with Crippen LogP contribution >= 0.6 is 15.9 Å². The molecule has 18 heavy (non-hydrogen) atoms. The number of non-ortho nitro benzene ring substituents is 1. The van der Waals surface area contributed by atoms with E-state index in [0.29, 0.717) is 21.1 Å². The Hall–Kier alpha value is -1.76. The monoisotopic (exact) mass is 313 g/mol. The fourth-order valence-electron chi connectivity index (χ4n) is 1.77. The number of fused-ring (bicyclic) bond motifs is 1. The highest BCUT2D eigenvalue weighted by atomic mass is 79.9. The summed E-state index contributed by atoms with van der Waals surface area (Å²) in [6.07, 6.45) is 1.47. The van der Waals surface area contributed by atoms with E-state index >= 15 is 0 Å². The lowest BCUT2D eigenvalue weighted by molar-refractivity contribution is -0.383. The number of aromatic nitrogens is 1. The van der Waals surface area contributed by atoms with Gasteiger partial charge < -0.3 is 4.90 Å². The van der Waals surface area contributed by atoms with Crippen LogP contribution < -0.4 is 4.90 Å². The van der Waals surface area contributed by atoms with Gasteiger partial charge in [0.1, 0.15) is 11.6 Å². The maximum Gasteiger partial charge on any atom is 0.281 e. The van der Waals surface area contributed by atoms with Gasteiger partial charge in [0.2, 0.25) is 0 Å². The summed E-state index contributed by atoms with van der Waals surface area (Å²) in [4.78, 5) is 16.2. The molecule has 0 fully saturated rings. The van der Waals surface area contributed by atoms with Crippen molar-refractivity contribution in [2.75, 3.05) is 19.0 Å². The second-order valence-electron chi connectivity index (χ2n) is 3.93. The van der Waals surface area contributed by atoms with Crippen molar-refractivity contribution in [3.05, 3.63) is 38.7 Å². The van der Waals surface area contributed by atoms with Crippen molar-refractivity contribution in [2.24, 2.45) is 0 Å². The third-order valence-corrected chi connectivity index (χ3v) is 3.08. The van der Waals surface area contributed by atoms with E-state index in [1.54, 1.807) is 19.0 Å². The number of anilines is 1. The number of benzene rings is 1. The van der Waals surface area contributed by atoms with Crippen LogP contribution in [-0.4, -0.2) is 24.0 Å². The molecule has 2 rings (SSSR count). The zero-order valence-corrected chi connectivity index (χ0v) is 11.2. The minimum Gasteiger partial charge on any atom is -0.362 e. The fraction of sp³-hybridized carbons (Fsp3) is 0.182. The molecule has 7 heteroatoms. The number of halogens is 2. The van der Waals surface area contributed by atoms with Crippen molar-refractivity contribution in [3.8, 4) is 0 Å². The van der Waals surface area contributed by atoms with E-state index in [1.165, 1.54) is 12.3 Å². The lowest BCUT2D eigenvalue weighted by Gasteiger charge is -2.14. The maximum absolute atomic E-state index is 13.5. The van der Waals surface area contributed by atoms with Crippen LogP contribution in [0.4, 0.5) is 15.9 Å². The molecule has 1 aromatic carbocycles. The lowest BCUT2D eigenvalue weighted by Crippen LogP contribution is -2.11. The molecule has 1 heterocycles. The summed E-state index contributed by atoms with van der Waals surface area (Å²) in [7, 11) is 3.48. The molecule has 0 saturated heterocycles. The molecule has 0 bridgehead atoms. The van der Waals surface area contributed by atoms with Gasteiger partial charge in [0, 0.05) is 25.7 Å². The summed E-state index contributed by atoms with van der Waals surface area (Å²) in [5, 5.41) is 11.7. The van der Waals surface area contributed by atoms with Gasteiger partial charge in [0.25, 0.3) is 5.69 Å². The lowest BCUT2D eigenvalue weighted by atomic mass is 10.1. The van der Waals surface area contributed by atoms with Gasteiger partial charge in [-0.25, -0.2) is 9.37 Å². The summed E-state index contributed by atoms with van der Waals surface area (Å²) < 4.78 is 13.9. The van der Waals surface area contributed by atoms with Crippen LogP contribution in [0, 0.1) is 15.9 Å². The summed E-state index contributed by atoms with van der Waals surface area (Å²) in [5.41, 5.74) is -0.276. The summed E-state index contributed by atoms with van der Waals surface area (Å²) in [5.74, 6) is -0.173. The van der Waals surface area contributed by atoms with Crippen molar-refractivity contribution < 1.29 is 9.31 Å². The van der Waals surface area contributed by atoms with Crippen LogP contribution in [0.25, 0.3) is 10.8 Å². The van der Waals surface area contributed by atoms with Crippen molar-refractivity contribution >= 4 is 38.2 Å². The molecule has 0 aliphatic carbocycles. The first kappa shape index (κ1) is 12.7. The molecular formula is C11H9BrFN3O2. The van der Waals surface area contributed by atoms with Crippen LogP contribution in [0.3, 0.4) is 0 Å². The van der Waals surface area contributed by atoms with E-state index in [1.807, 2.05) is 0 Å². The molecule has 0 saturated carbocycles. The van der Waals surface area contributed by atoms with Crippen molar-refractivity contribution in [1.29, 1.82) is 0 Å². The van der Waals surface area contributed by atoms with Crippen molar-refractivity contribution in [2.45, 2.75) is 0 Å². The molecule has 0 unspecified atom stereocenters. The number of hydrogen-bond donors (Lipinski definition) is 0. The van der Waals surface area contributed by atoms with E-state index < -0.39 is 10.7 Å². The van der Waals surface area contributed by atoms with Gasteiger partial charge in [-0.1, -0.05) is 0 Å². The average molecular weight is 314 g/mol. The largest absolute Gasteiger partial charge is 0.362 e. The Morgan fingerprint density at radius 1 is 1.44 bits per heavy atom. The molecule has 1 aromatic heterocycles. The normalized spacial score (nSPS) is 10.7. The highest BCUT2D eigenvalue weighted by Crippen LogP contribution is 2.36. The first-order valence-electron chi connectivity index (χ1n) is 5.01. The minimum absolute atomic E-state index is 0.276. The van der Waals surface area contributed by atoms with Gasteiger partial charge in [0.05, 0.1) is 20.8 Å². The van der Waals surface area contributed by atoms with Gasteiger partial charge in [0.15, 0.2) is 0 Å². The van der Waals surface area contributed by atoms with E-state index in [2.05, 4.69) is 20.9 Å². The van der Waals surface area contributed by atoms with Crippen LogP contribution in [-0.2, 0) is 0 Å². The predicted octanol–water partition coefficient (Wildman–Crippen LogP) is 3.11. The third-order valence-electron chi connectivity index (χ3n) is 2.48. The van der Waals surface area contributed by atoms with Gasteiger partial charge in [-0.15, -0.1) is 0 Å². The highest BCUT2D eigenvalue weighted by molar-refractivity contribution is 9.10. The van der Waals surface area contributed by atoms with E-state index in [4.69, 9.17) is 0 Å². The number of nitro groups is 1. The van der Waals surface area contributed by atoms with Crippen LogP contribution in [0.2, 0.25) is 0 Å². The van der Waals surface area contributed by atoms with E-state index in [-0.39, 0.29) is 5.69 Å². The fourth-order valence-corrected chi connectivity index (χ4v) is 2.29. The Balaban J connectivity index is 2.97. The topological polar surface area (TPSA) is 59.3 Å². The van der Waals surface area contributed by atoms with Crippen LogP contribution in [0.5, 0.6) is 0 Å². The zero-order valence-electron chi connectivity index (χ0n) is 9.65. The Morgan fingerprint density at radius 2 is 2.11 bits per heavy atom. The molecule has 5 nitrogen and oxygen atoms in total. The molecule has 0 spiro atoms. The van der Waals surface area contributed by atoms with Crippen LogP contribution in [0.15, 0.2) is 22.8 Å². The summed E-state index contributed by atoms with van der Waals surface area (Å²) in [6.45, 7) is 0. The Kier molecular flexibility index (Phi) is 3.16. The summed E-state index contributed by atoms with van der Waals surface area (Å²) in [6, 6.07) is 2.15. The number of hydrogen-bond acceptors (Lipinski definition) is 4. The van der Waals surface area contributed by atoms with Gasteiger partial charge >= 0.3 is 0 Å². The van der Waals surface area contributed by atoms with E-state index in [0.717, 1.165) is 6.07 Å². The quantitative estimate of drug-likeness (QED) is 0.631. The number of nitro benzene ring substituents is 1. The summed E-state index contributed by atoms with van der Waals surface area (Å²) >= 11 is 3.22. The average Bonchev–Trinajstić information content (AvgIpc) is 2.27. The van der Waals surface area contributed by atoms with Gasteiger partial charge in [-0.05, 0) is 22.0 Å². The van der Waals surface area contributed by atoms with Gasteiger partial charge in [-0.3, -0.25) is 10.1 Å². The van der Waals surface area contributed by atoms with Crippen LogP contribution in [0.1, 0.15) is 0 Å². The Morgan fingerprint density at radius 3 is 2.67 bits per heavy atom. The molecule has 0 N–H and O–H groups in total. The molecule has 0 amide bonds. The molecule has 0 aliphatic heterocycles. The molecule has 0 atom stereocenters. The Bertz CT molecular complexity index is 646. The molecule has 94 valence electrons. The first-order chi connectivity index (χ1) is 8.41. The maximum atomic E-state index is 13.5. The van der Waals surface area contributed by atoms with Gasteiger partial charge in [-0.2, -0.15) is 0 Å². The number of rotatable bonds is 2. The standard InChI is InChI=1S/C11H9BrFN3O2/c1-15(2)11-7-3-6(13)4-9(16(17)18)10(7)8(12)5-14-11/h3-5H,1-2H3. The smallest absolute Gasteiger partial charge is 0.281 e. The number of nitrogens with zero attached hydrogens (tertiary/aromatic N) is 3. The highest BCUT2D eigenvalue weighted by Gasteiger charge is 2.20. The predicted molar refractivity (Wildman–Crippen MR) is 70.4 cm³/mol. The third kappa shape index (κ3) is 2.01. The molecular weight excluding hydrogens is 305 g/mol. The SMILES string of the molecule is CN(C)c1ncc(Br)c2c([N+](=O)[O-])cc(F)cc12. The second-order valence-corrected chi connectivity index (χ2v) is 4.78. The first-order valence-corrected chi connectivity index (χ1v) is 5.80. The molecule has 2 aromatic rings. The van der Waals surface area contributed by atoms with Crippen molar-refractivity contribution in [1.82, 2.24) is 4.98 Å². The minimum atomic E-state index is -0.655. The van der Waals surface area contributed by atoms with Crippen molar-refractivity contribution in [3.63, 3.8) is 0 Å². The molecule has 0 aliphatic rings.